The monoisotopic (exact) mass is 436 g/mol. The van der Waals surface area contributed by atoms with E-state index in [1.54, 1.807) is 17.5 Å². The maximum Gasteiger partial charge on any atom is 0.264 e. The van der Waals surface area contributed by atoms with E-state index in [9.17, 15) is 4.79 Å². The minimum absolute atomic E-state index is 0.0734. The second-order valence-electron chi connectivity index (χ2n) is 7.79. The molecule has 1 saturated heterocycles. The summed E-state index contributed by atoms with van der Waals surface area (Å²) in [6, 6.07) is 17.8. The van der Waals surface area contributed by atoms with Crippen molar-refractivity contribution in [1.29, 1.82) is 0 Å². The Hall–Kier alpha value is -2.70. The molecule has 1 atom stereocenters. The van der Waals surface area contributed by atoms with Crippen molar-refractivity contribution in [2.45, 2.75) is 38.8 Å². The van der Waals surface area contributed by atoms with E-state index in [0.29, 0.717) is 19.7 Å². The number of ether oxygens (including phenoxy) is 2. The Morgan fingerprint density at radius 2 is 2.06 bits per heavy atom. The lowest BCUT2D eigenvalue weighted by Crippen LogP contribution is -2.36. The zero-order valence-corrected chi connectivity index (χ0v) is 18.6. The molecule has 6 heteroatoms. The maximum atomic E-state index is 13.1. The number of nitrogens with zero attached hydrogens (tertiary/aromatic N) is 2. The van der Waals surface area contributed by atoms with Gasteiger partial charge in [0.25, 0.3) is 5.91 Å². The second-order valence-corrected chi connectivity index (χ2v) is 9.08. The lowest BCUT2D eigenvalue weighted by molar-refractivity contribution is 0.0511. The van der Waals surface area contributed by atoms with E-state index in [0.717, 1.165) is 52.6 Å². The Bertz CT molecular complexity index is 966. The molecular formula is C25H28N2O3S. The number of thiophene rings is 1. The first-order valence-electron chi connectivity index (χ1n) is 10.8. The summed E-state index contributed by atoms with van der Waals surface area (Å²) < 4.78 is 11.7. The smallest absolute Gasteiger partial charge is 0.264 e. The quantitative estimate of drug-likeness (QED) is 0.479. The van der Waals surface area contributed by atoms with Gasteiger partial charge in [0, 0.05) is 42.9 Å². The first-order chi connectivity index (χ1) is 15.2. The number of carbonyl (C=O) groups is 1. The van der Waals surface area contributed by atoms with E-state index in [1.165, 1.54) is 0 Å². The highest BCUT2D eigenvalue weighted by Crippen LogP contribution is 2.22. The summed E-state index contributed by atoms with van der Waals surface area (Å²) in [7, 11) is 0. The van der Waals surface area contributed by atoms with Crippen LogP contribution in [0.3, 0.4) is 0 Å². The highest BCUT2D eigenvalue weighted by molar-refractivity contribution is 7.13. The summed E-state index contributed by atoms with van der Waals surface area (Å²) in [4.78, 5) is 21.3. The lowest BCUT2D eigenvalue weighted by Gasteiger charge is -2.25. The number of aromatic nitrogens is 1. The molecule has 0 spiro atoms. The van der Waals surface area contributed by atoms with Gasteiger partial charge in [0.05, 0.1) is 17.6 Å². The molecule has 2 aromatic heterocycles. The van der Waals surface area contributed by atoms with Gasteiger partial charge < -0.3 is 14.4 Å². The molecule has 0 N–H and O–H groups in total. The summed E-state index contributed by atoms with van der Waals surface area (Å²) in [5.74, 6) is 0.898. The molecule has 5 nitrogen and oxygen atoms in total. The van der Waals surface area contributed by atoms with Gasteiger partial charge in [-0.2, -0.15) is 0 Å². The van der Waals surface area contributed by atoms with Crippen molar-refractivity contribution in [3.8, 4) is 5.75 Å². The Morgan fingerprint density at radius 3 is 2.74 bits per heavy atom. The van der Waals surface area contributed by atoms with Crippen molar-refractivity contribution in [2.24, 2.45) is 0 Å². The summed E-state index contributed by atoms with van der Waals surface area (Å²) >= 11 is 1.55. The number of pyridine rings is 1. The molecule has 1 aliphatic rings. The number of hydrogen-bond acceptors (Lipinski definition) is 5. The van der Waals surface area contributed by atoms with Crippen LogP contribution in [0.5, 0.6) is 5.75 Å². The molecule has 0 aliphatic carbocycles. The SMILES string of the molecule is Cc1ccc(C(=O)N(Cc2ccc(OCCc3ccccn3)cc2)C[C@@H]2CCCO2)s1. The minimum Gasteiger partial charge on any atom is -0.493 e. The van der Waals surface area contributed by atoms with E-state index in [2.05, 4.69) is 4.98 Å². The second kappa shape index (κ2) is 10.6. The van der Waals surface area contributed by atoms with Crippen molar-refractivity contribution in [3.63, 3.8) is 0 Å². The average Bonchev–Trinajstić information content (AvgIpc) is 3.46. The fourth-order valence-corrected chi connectivity index (χ4v) is 4.53. The zero-order valence-electron chi connectivity index (χ0n) is 17.8. The fraction of sp³-hybridized carbons (Fsp3) is 0.360. The van der Waals surface area contributed by atoms with Crippen LogP contribution in [-0.2, 0) is 17.7 Å². The van der Waals surface area contributed by atoms with Crippen molar-refractivity contribution in [2.75, 3.05) is 19.8 Å². The largest absolute Gasteiger partial charge is 0.493 e. The third-order valence-corrected chi connectivity index (χ3v) is 6.32. The van der Waals surface area contributed by atoms with Crippen LogP contribution in [-0.4, -0.2) is 41.7 Å². The van der Waals surface area contributed by atoms with Gasteiger partial charge in [0.1, 0.15) is 5.75 Å². The molecule has 1 aromatic carbocycles. The average molecular weight is 437 g/mol. The Balaban J connectivity index is 1.37. The molecule has 1 aliphatic heterocycles. The van der Waals surface area contributed by atoms with Crippen molar-refractivity contribution in [1.82, 2.24) is 9.88 Å². The highest BCUT2D eigenvalue weighted by atomic mass is 32.1. The minimum atomic E-state index is 0.0734. The first kappa shape index (κ1) is 21.5. The van der Waals surface area contributed by atoms with Crippen LogP contribution >= 0.6 is 11.3 Å². The molecule has 162 valence electrons. The maximum absolute atomic E-state index is 13.1. The van der Waals surface area contributed by atoms with Crippen molar-refractivity contribution in [3.05, 3.63) is 81.8 Å². The predicted octanol–water partition coefficient (Wildman–Crippen LogP) is 4.89. The Morgan fingerprint density at radius 1 is 1.19 bits per heavy atom. The molecule has 4 rings (SSSR count). The topological polar surface area (TPSA) is 51.7 Å². The van der Waals surface area contributed by atoms with Crippen LogP contribution in [0.1, 0.15) is 38.6 Å². The van der Waals surface area contributed by atoms with Crippen LogP contribution in [0.4, 0.5) is 0 Å². The molecule has 1 amide bonds. The van der Waals surface area contributed by atoms with Crippen molar-refractivity contribution < 1.29 is 14.3 Å². The third kappa shape index (κ3) is 6.15. The molecule has 3 heterocycles. The molecule has 3 aromatic rings. The summed E-state index contributed by atoms with van der Waals surface area (Å²) in [5, 5.41) is 0. The highest BCUT2D eigenvalue weighted by Gasteiger charge is 2.24. The van der Waals surface area contributed by atoms with Crippen LogP contribution in [0, 0.1) is 6.92 Å². The van der Waals surface area contributed by atoms with Crippen LogP contribution < -0.4 is 4.74 Å². The number of amides is 1. The van der Waals surface area contributed by atoms with Gasteiger partial charge in [0.2, 0.25) is 0 Å². The summed E-state index contributed by atoms with van der Waals surface area (Å²) in [6.45, 7) is 4.58. The number of carbonyl (C=O) groups excluding carboxylic acids is 1. The van der Waals surface area contributed by atoms with Gasteiger partial charge in [-0.3, -0.25) is 9.78 Å². The van der Waals surface area contributed by atoms with Gasteiger partial charge in [0.15, 0.2) is 0 Å². The van der Waals surface area contributed by atoms with E-state index in [4.69, 9.17) is 9.47 Å². The van der Waals surface area contributed by atoms with Gasteiger partial charge in [-0.25, -0.2) is 0 Å². The van der Waals surface area contributed by atoms with Crippen molar-refractivity contribution >= 4 is 17.2 Å². The normalized spacial score (nSPS) is 15.7. The number of aryl methyl sites for hydroxylation is 1. The third-order valence-electron chi connectivity index (χ3n) is 5.34. The fourth-order valence-electron chi connectivity index (χ4n) is 3.69. The van der Waals surface area contributed by atoms with Gasteiger partial charge in [-0.1, -0.05) is 18.2 Å². The summed E-state index contributed by atoms with van der Waals surface area (Å²) in [5.41, 5.74) is 2.10. The molecule has 31 heavy (non-hydrogen) atoms. The van der Waals surface area contributed by atoms with E-state index < -0.39 is 0 Å². The molecule has 0 unspecified atom stereocenters. The lowest BCUT2D eigenvalue weighted by atomic mass is 10.1. The summed E-state index contributed by atoms with van der Waals surface area (Å²) in [6.07, 6.45) is 4.77. The zero-order chi connectivity index (χ0) is 21.5. The van der Waals surface area contributed by atoms with E-state index in [1.807, 2.05) is 66.4 Å². The van der Waals surface area contributed by atoms with Gasteiger partial charge in [-0.15, -0.1) is 11.3 Å². The molecule has 0 radical (unpaired) electrons. The molecule has 1 fully saturated rings. The number of rotatable bonds is 9. The van der Waals surface area contributed by atoms with E-state index in [-0.39, 0.29) is 12.0 Å². The predicted molar refractivity (Wildman–Crippen MR) is 123 cm³/mol. The molecular weight excluding hydrogens is 408 g/mol. The van der Waals surface area contributed by atoms with Gasteiger partial charge >= 0.3 is 0 Å². The first-order valence-corrected chi connectivity index (χ1v) is 11.6. The Labute approximate surface area is 187 Å². The van der Waals surface area contributed by atoms with E-state index >= 15 is 0 Å². The van der Waals surface area contributed by atoms with Crippen LogP contribution in [0.25, 0.3) is 0 Å². The number of benzene rings is 1. The van der Waals surface area contributed by atoms with Crippen LogP contribution in [0.15, 0.2) is 60.8 Å². The van der Waals surface area contributed by atoms with Gasteiger partial charge in [-0.05, 0) is 61.7 Å². The molecule has 0 saturated carbocycles. The Kier molecular flexibility index (Phi) is 7.33. The molecule has 0 bridgehead atoms. The number of hydrogen-bond donors (Lipinski definition) is 0. The standard InChI is InChI=1S/C25H28N2O3S/c1-19-7-12-24(31-19)25(28)27(18-23-6-4-15-29-23)17-20-8-10-22(11-9-20)30-16-13-21-5-2-3-14-26-21/h2-3,5,7-12,14,23H,4,6,13,15-18H2,1H3/t23-/m0/s1. The van der Waals surface area contributed by atoms with Crippen LogP contribution in [0.2, 0.25) is 0 Å².